The van der Waals surface area contributed by atoms with Crippen LogP contribution in [0.4, 0.5) is 4.79 Å². The lowest BCUT2D eigenvalue weighted by molar-refractivity contribution is -0.125. The van der Waals surface area contributed by atoms with Gasteiger partial charge in [-0.3, -0.25) is 10.1 Å². The Labute approximate surface area is 138 Å². The Bertz CT molecular complexity index is 526. The second-order valence-electron chi connectivity index (χ2n) is 6.25. The van der Waals surface area contributed by atoms with Crippen molar-refractivity contribution in [3.05, 3.63) is 35.9 Å². The van der Waals surface area contributed by atoms with E-state index in [1.54, 1.807) is 0 Å². The normalized spacial score (nSPS) is 20.7. The first kappa shape index (κ1) is 17.5. The molecule has 0 radical (unpaired) electrons. The van der Waals surface area contributed by atoms with Crippen molar-refractivity contribution >= 4 is 11.9 Å². The Balaban J connectivity index is 2.12. The van der Waals surface area contributed by atoms with Gasteiger partial charge in [-0.1, -0.05) is 44.2 Å². The highest BCUT2D eigenvalue weighted by Gasteiger charge is 2.46. The van der Waals surface area contributed by atoms with Gasteiger partial charge < -0.3 is 10.2 Å². The number of amides is 3. The average Bonchev–Trinajstić information content (AvgIpc) is 2.81. The number of benzene rings is 1. The van der Waals surface area contributed by atoms with Gasteiger partial charge in [-0.15, -0.1) is 0 Å². The fraction of sp³-hybridized carbons (Fsp3) is 0.556. The zero-order valence-corrected chi connectivity index (χ0v) is 14.1. The van der Waals surface area contributed by atoms with Crippen molar-refractivity contribution in [1.29, 1.82) is 0 Å². The van der Waals surface area contributed by atoms with E-state index < -0.39 is 5.54 Å². The summed E-state index contributed by atoms with van der Waals surface area (Å²) >= 11 is 0. The molecule has 0 saturated carbocycles. The van der Waals surface area contributed by atoms with Crippen molar-refractivity contribution in [3.8, 4) is 0 Å². The molecule has 126 valence electrons. The second-order valence-corrected chi connectivity index (χ2v) is 6.25. The molecule has 5 nitrogen and oxygen atoms in total. The van der Waals surface area contributed by atoms with Crippen molar-refractivity contribution in [2.24, 2.45) is 0 Å². The molecule has 2 N–H and O–H groups in total. The maximum absolute atomic E-state index is 12.5. The van der Waals surface area contributed by atoms with Crippen LogP contribution in [-0.2, 0) is 11.2 Å². The van der Waals surface area contributed by atoms with Crippen molar-refractivity contribution in [2.45, 2.75) is 45.1 Å². The van der Waals surface area contributed by atoms with E-state index in [-0.39, 0.29) is 11.9 Å². The zero-order valence-electron chi connectivity index (χ0n) is 14.1. The van der Waals surface area contributed by atoms with Crippen molar-refractivity contribution < 1.29 is 9.59 Å². The molecule has 0 aliphatic carbocycles. The maximum Gasteiger partial charge on any atom is 0.322 e. The molecule has 0 bridgehead atoms. The lowest BCUT2D eigenvalue weighted by atomic mass is 9.90. The van der Waals surface area contributed by atoms with Gasteiger partial charge in [-0.2, -0.15) is 0 Å². The highest BCUT2D eigenvalue weighted by Crippen LogP contribution is 2.21. The van der Waals surface area contributed by atoms with Gasteiger partial charge in [0.2, 0.25) is 0 Å². The van der Waals surface area contributed by atoms with E-state index in [4.69, 9.17) is 0 Å². The molecular weight excluding hydrogens is 290 g/mol. The predicted molar refractivity (Wildman–Crippen MR) is 91.2 cm³/mol. The van der Waals surface area contributed by atoms with Crippen LogP contribution in [-0.4, -0.2) is 42.0 Å². The maximum atomic E-state index is 12.5. The van der Waals surface area contributed by atoms with Gasteiger partial charge in [0.15, 0.2) is 0 Å². The monoisotopic (exact) mass is 317 g/mol. The van der Waals surface area contributed by atoms with Gasteiger partial charge in [0, 0.05) is 6.54 Å². The van der Waals surface area contributed by atoms with Crippen molar-refractivity contribution in [2.75, 3.05) is 19.6 Å². The highest BCUT2D eigenvalue weighted by molar-refractivity contribution is 6.07. The molecule has 2 rings (SSSR count). The molecule has 1 saturated heterocycles. The summed E-state index contributed by atoms with van der Waals surface area (Å²) in [6.45, 7) is 6.70. The van der Waals surface area contributed by atoms with Gasteiger partial charge in [-0.05, 0) is 44.3 Å². The third-order valence-electron chi connectivity index (χ3n) is 4.27. The topological polar surface area (TPSA) is 61.4 Å². The summed E-state index contributed by atoms with van der Waals surface area (Å²) in [7, 11) is 0. The summed E-state index contributed by atoms with van der Waals surface area (Å²) < 4.78 is 0. The van der Waals surface area contributed by atoms with E-state index in [0.29, 0.717) is 13.0 Å². The standard InChI is InChI=1S/C18H27N3O2/c1-3-12-21(13-4-2)14-18(16(22)19-17(23)20-18)11-10-15-8-6-5-7-9-15/h5-9H,3-4,10-14H2,1-2H3,(H2,19,20,22,23). The Hall–Kier alpha value is -1.88. The van der Waals surface area contributed by atoms with E-state index in [1.165, 1.54) is 5.56 Å². The van der Waals surface area contributed by atoms with Gasteiger partial charge in [-0.25, -0.2) is 4.79 Å². The lowest BCUT2D eigenvalue weighted by Gasteiger charge is -2.33. The quantitative estimate of drug-likeness (QED) is 0.687. The fourth-order valence-corrected chi connectivity index (χ4v) is 3.18. The minimum Gasteiger partial charge on any atom is -0.322 e. The molecule has 3 amide bonds. The Kier molecular flexibility index (Phi) is 6.16. The zero-order chi connectivity index (χ0) is 16.7. The molecule has 1 aromatic rings. The number of hydrogen-bond donors (Lipinski definition) is 2. The lowest BCUT2D eigenvalue weighted by Crippen LogP contribution is -2.55. The predicted octanol–water partition coefficient (Wildman–Crippen LogP) is 2.32. The molecule has 1 fully saturated rings. The van der Waals surface area contributed by atoms with Gasteiger partial charge in [0.25, 0.3) is 5.91 Å². The summed E-state index contributed by atoms with van der Waals surface area (Å²) in [5.41, 5.74) is 0.357. The largest absolute Gasteiger partial charge is 0.322 e. The summed E-state index contributed by atoms with van der Waals surface area (Å²) in [6.07, 6.45) is 3.44. The average molecular weight is 317 g/mol. The third-order valence-corrected chi connectivity index (χ3v) is 4.27. The minimum atomic E-state index is -0.822. The van der Waals surface area contributed by atoms with Crippen LogP contribution in [0.25, 0.3) is 0 Å². The van der Waals surface area contributed by atoms with E-state index in [9.17, 15) is 9.59 Å². The molecule has 0 aromatic heterocycles. The first-order chi connectivity index (χ1) is 11.1. The smallest absolute Gasteiger partial charge is 0.322 e. The van der Waals surface area contributed by atoms with Crippen LogP contribution in [0.1, 0.15) is 38.7 Å². The van der Waals surface area contributed by atoms with Gasteiger partial charge in [0.05, 0.1) is 0 Å². The number of nitrogens with zero attached hydrogens (tertiary/aromatic N) is 1. The molecule has 1 aliphatic heterocycles. The van der Waals surface area contributed by atoms with Crippen molar-refractivity contribution in [3.63, 3.8) is 0 Å². The summed E-state index contributed by atoms with van der Waals surface area (Å²) in [5.74, 6) is -0.198. The van der Waals surface area contributed by atoms with E-state index in [0.717, 1.165) is 32.4 Å². The molecule has 1 heterocycles. The van der Waals surface area contributed by atoms with Crippen LogP contribution in [0.5, 0.6) is 0 Å². The van der Waals surface area contributed by atoms with E-state index in [2.05, 4.69) is 41.5 Å². The highest BCUT2D eigenvalue weighted by atomic mass is 16.2. The van der Waals surface area contributed by atoms with E-state index in [1.807, 2.05) is 18.2 Å². The summed E-state index contributed by atoms with van der Waals surface area (Å²) in [4.78, 5) is 26.4. The summed E-state index contributed by atoms with van der Waals surface area (Å²) in [5, 5.41) is 5.31. The number of carbonyl (C=O) groups is 2. The van der Waals surface area contributed by atoms with Crippen LogP contribution in [0.3, 0.4) is 0 Å². The Morgan fingerprint density at radius 2 is 1.70 bits per heavy atom. The van der Waals surface area contributed by atoms with Crippen LogP contribution >= 0.6 is 0 Å². The fourth-order valence-electron chi connectivity index (χ4n) is 3.18. The Morgan fingerprint density at radius 1 is 1.04 bits per heavy atom. The number of rotatable bonds is 9. The van der Waals surface area contributed by atoms with Crippen LogP contribution < -0.4 is 10.6 Å². The molecule has 0 spiro atoms. The van der Waals surface area contributed by atoms with Gasteiger partial charge in [0.1, 0.15) is 5.54 Å². The summed E-state index contributed by atoms with van der Waals surface area (Å²) in [6, 6.07) is 9.70. The number of carbonyl (C=O) groups excluding carboxylic acids is 2. The molecule has 1 atom stereocenters. The first-order valence-corrected chi connectivity index (χ1v) is 8.49. The van der Waals surface area contributed by atoms with Crippen molar-refractivity contribution in [1.82, 2.24) is 15.5 Å². The third kappa shape index (κ3) is 4.55. The molecule has 1 aliphatic rings. The number of imide groups is 1. The first-order valence-electron chi connectivity index (χ1n) is 8.49. The number of aryl methyl sites for hydroxylation is 1. The van der Waals surface area contributed by atoms with Crippen LogP contribution in [0.15, 0.2) is 30.3 Å². The minimum absolute atomic E-state index is 0.198. The molecule has 1 aromatic carbocycles. The molecule has 5 heteroatoms. The van der Waals surface area contributed by atoms with E-state index >= 15 is 0 Å². The number of urea groups is 1. The van der Waals surface area contributed by atoms with Crippen LogP contribution in [0, 0.1) is 0 Å². The second kappa shape index (κ2) is 8.11. The number of nitrogens with one attached hydrogen (secondary N) is 2. The molecule has 1 unspecified atom stereocenters. The molecular formula is C18H27N3O2. The molecule has 23 heavy (non-hydrogen) atoms. The number of hydrogen-bond acceptors (Lipinski definition) is 3. The Morgan fingerprint density at radius 3 is 2.22 bits per heavy atom. The SMILES string of the molecule is CCCN(CCC)CC1(CCc2ccccc2)NC(=O)NC1=O. The van der Waals surface area contributed by atoms with Gasteiger partial charge >= 0.3 is 6.03 Å². The van der Waals surface area contributed by atoms with Crippen LogP contribution in [0.2, 0.25) is 0 Å².